The zero-order valence-electron chi connectivity index (χ0n) is 9.72. The van der Waals surface area contributed by atoms with Gasteiger partial charge in [0.1, 0.15) is 11.8 Å². The molecule has 1 aromatic heterocycles. The first kappa shape index (κ1) is 13.2. The highest BCUT2D eigenvalue weighted by Gasteiger charge is 2.10. The second-order valence-electron chi connectivity index (χ2n) is 3.53. The average Bonchev–Trinajstić information content (AvgIpc) is 2.85. The van der Waals surface area contributed by atoms with Crippen molar-refractivity contribution in [2.75, 3.05) is 11.9 Å². The number of carbonyl (C=O) groups is 1. The Morgan fingerprint density at radius 2 is 2.05 bits per heavy atom. The Bertz CT molecular complexity index is 614. The van der Waals surface area contributed by atoms with E-state index in [1.165, 1.54) is 0 Å². The van der Waals surface area contributed by atoms with Crippen LogP contribution in [0.3, 0.4) is 0 Å². The van der Waals surface area contributed by atoms with Crippen molar-refractivity contribution in [1.82, 2.24) is 0 Å². The molecule has 0 bridgehead atoms. The molecule has 0 saturated heterocycles. The van der Waals surface area contributed by atoms with Gasteiger partial charge in [0.15, 0.2) is 17.0 Å². The number of benzene rings is 1. The third-order valence-electron chi connectivity index (χ3n) is 2.21. The largest absolute Gasteiger partial charge is 0.479 e. The van der Waals surface area contributed by atoms with Crippen LogP contribution in [0.15, 0.2) is 45.5 Å². The fourth-order valence-electron chi connectivity index (χ4n) is 1.38. The minimum absolute atomic E-state index is 0.00781. The predicted octanol–water partition coefficient (Wildman–Crippen LogP) is 3.20. The molecule has 0 radical (unpaired) electrons. The molecule has 2 rings (SSSR count). The van der Waals surface area contributed by atoms with E-state index >= 15 is 0 Å². The van der Waals surface area contributed by atoms with Gasteiger partial charge in [-0.3, -0.25) is 4.79 Å². The highest BCUT2D eigenvalue weighted by atomic mass is 79.9. The molecule has 0 spiro atoms. The molecule has 1 N–H and O–H groups in total. The van der Waals surface area contributed by atoms with Crippen molar-refractivity contribution in [2.24, 2.45) is 0 Å². The quantitative estimate of drug-likeness (QED) is 0.938. The lowest BCUT2D eigenvalue weighted by Crippen LogP contribution is -2.10. The summed E-state index contributed by atoms with van der Waals surface area (Å²) >= 11 is 3.13. The van der Waals surface area contributed by atoms with E-state index in [9.17, 15) is 4.79 Å². The molecular formula is C13H9BrN2O3. The lowest BCUT2D eigenvalue weighted by molar-refractivity contribution is 0.0995. The first-order valence-corrected chi connectivity index (χ1v) is 6.15. The van der Waals surface area contributed by atoms with Gasteiger partial charge < -0.3 is 14.5 Å². The molecular weight excluding hydrogens is 312 g/mol. The lowest BCUT2D eigenvalue weighted by Gasteiger charge is -2.05. The maximum absolute atomic E-state index is 11.8. The van der Waals surface area contributed by atoms with Crippen LogP contribution in [0.25, 0.3) is 0 Å². The molecule has 1 heterocycles. The summed E-state index contributed by atoms with van der Waals surface area (Å²) in [7, 11) is 0. The van der Waals surface area contributed by atoms with Crippen LogP contribution in [-0.2, 0) is 0 Å². The number of halogens is 1. The van der Waals surface area contributed by atoms with Gasteiger partial charge in [0.2, 0.25) is 0 Å². The molecule has 0 fully saturated rings. The number of anilines is 1. The minimum Gasteiger partial charge on any atom is -0.479 e. The van der Waals surface area contributed by atoms with E-state index in [0.29, 0.717) is 16.1 Å². The van der Waals surface area contributed by atoms with Crippen molar-refractivity contribution in [2.45, 2.75) is 0 Å². The highest BCUT2D eigenvalue weighted by Crippen LogP contribution is 2.18. The summed E-state index contributed by atoms with van der Waals surface area (Å²) < 4.78 is 10.7. The van der Waals surface area contributed by atoms with Crippen molar-refractivity contribution in [3.05, 3.63) is 46.8 Å². The smallest absolute Gasteiger partial charge is 0.291 e. The standard InChI is InChI=1S/C13H9BrN2O3/c14-12-6-5-11(19-12)13(17)16-9-1-3-10(4-2-9)18-8-7-15/h1-6H,8H2,(H,16,17). The Morgan fingerprint density at radius 3 is 2.63 bits per heavy atom. The molecule has 0 atom stereocenters. The summed E-state index contributed by atoms with van der Waals surface area (Å²) in [6.07, 6.45) is 0. The number of nitriles is 1. The van der Waals surface area contributed by atoms with Gasteiger partial charge in [0.05, 0.1) is 0 Å². The molecule has 19 heavy (non-hydrogen) atoms. The molecule has 0 aliphatic carbocycles. The van der Waals surface area contributed by atoms with E-state index in [2.05, 4.69) is 21.2 Å². The Balaban J connectivity index is 2.00. The normalized spacial score (nSPS) is 9.68. The van der Waals surface area contributed by atoms with Gasteiger partial charge in [-0.25, -0.2) is 0 Å². The van der Waals surface area contributed by atoms with Crippen LogP contribution in [0.5, 0.6) is 5.75 Å². The first-order chi connectivity index (χ1) is 9.19. The number of furan rings is 1. The predicted molar refractivity (Wildman–Crippen MR) is 71.9 cm³/mol. The Morgan fingerprint density at radius 1 is 1.32 bits per heavy atom. The molecule has 1 amide bonds. The van der Waals surface area contributed by atoms with Crippen LogP contribution in [-0.4, -0.2) is 12.5 Å². The Kier molecular flexibility index (Phi) is 4.21. The van der Waals surface area contributed by atoms with Crippen molar-refractivity contribution in [1.29, 1.82) is 5.26 Å². The number of carbonyl (C=O) groups excluding carboxylic acids is 1. The van der Waals surface area contributed by atoms with Crippen LogP contribution < -0.4 is 10.1 Å². The number of hydrogen-bond donors (Lipinski definition) is 1. The Labute approximate surface area is 117 Å². The number of nitrogens with one attached hydrogen (secondary N) is 1. The maximum atomic E-state index is 11.8. The molecule has 6 heteroatoms. The van der Waals surface area contributed by atoms with Gasteiger partial charge in [-0.15, -0.1) is 0 Å². The van der Waals surface area contributed by atoms with Crippen LogP contribution in [0.2, 0.25) is 0 Å². The van der Waals surface area contributed by atoms with Gasteiger partial charge >= 0.3 is 0 Å². The minimum atomic E-state index is -0.337. The van der Waals surface area contributed by atoms with Gasteiger partial charge in [-0.1, -0.05) is 0 Å². The Hall–Kier alpha value is -2.26. The molecule has 0 aliphatic rings. The van der Waals surface area contributed by atoms with E-state index < -0.39 is 0 Å². The second kappa shape index (κ2) is 6.07. The molecule has 1 aromatic carbocycles. The zero-order chi connectivity index (χ0) is 13.7. The van der Waals surface area contributed by atoms with Gasteiger partial charge in [-0.05, 0) is 52.3 Å². The average molecular weight is 321 g/mol. The van der Waals surface area contributed by atoms with E-state index in [1.807, 2.05) is 6.07 Å². The summed E-state index contributed by atoms with van der Waals surface area (Å²) in [5.41, 5.74) is 0.613. The third-order valence-corrected chi connectivity index (χ3v) is 2.64. The van der Waals surface area contributed by atoms with Gasteiger partial charge in [-0.2, -0.15) is 5.26 Å². The van der Waals surface area contributed by atoms with E-state index in [0.717, 1.165) is 0 Å². The second-order valence-corrected chi connectivity index (χ2v) is 4.31. The van der Waals surface area contributed by atoms with E-state index in [1.54, 1.807) is 36.4 Å². The van der Waals surface area contributed by atoms with Gasteiger partial charge in [0.25, 0.3) is 5.91 Å². The fourth-order valence-corrected chi connectivity index (χ4v) is 1.69. The topological polar surface area (TPSA) is 75.3 Å². The molecule has 2 aromatic rings. The number of hydrogen-bond acceptors (Lipinski definition) is 4. The lowest BCUT2D eigenvalue weighted by atomic mass is 10.3. The molecule has 0 saturated carbocycles. The van der Waals surface area contributed by atoms with Crippen molar-refractivity contribution >= 4 is 27.5 Å². The van der Waals surface area contributed by atoms with Crippen LogP contribution in [0.4, 0.5) is 5.69 Å². The molecule has 5 nitrogen and oxygen atoms in total. The number of nitrogens with zero attached hydrogens (tertiary/aromatic N) is 1. The summed E-state index contributed by atoms with van der Waals surface area (Å²) in [6, 6.07) is 11.8. The fraction of sp³-hybridized carbons (Fsp3) is 0.0769. The maximum Gasteiger partial charge on any atom is 0.291 e. The summed E-state index contributed by atoms with van der Waals surface area (Å²) in [4.78, 5) is 11.8. The van der Waals surface area contributed by atoms with E-state index in [-0.39, 0.29) is 18.3 Å². The van der Waals surface area contributed by atoms with E-state index in [4.69, 9.17) is 14.4 Å². The molecule has 0 unspecified atom stereocenters. The van der Waals surface area contributed by atoms with Crippen molar-refractivity contribution in [3.8, 4) is 11.8 Å². The zero-order valence-corrected chi connectivity index (χ0v) is 11.3. The number of amides is 1. The highest BCUT2D eigenvalue weighted by molar-refractivity contribution is 9.10. The van der Waals surface area contributed by atoms with Gasteiger partial charge in [0, 0.05) is 5.69 Å². The summed E-state index contributed by atoms with van der Waals surface area (Å²) in [6.45, 7) is -0.00781. The summed E-state index contributed by atoms with van der Waals surface area (Å²) in [5, 5.41) is 11.1. The SMILES string of the molecule is N#CCOc1ccc(NC(=O)c2ccc(Br)o2)cc1. The summed E-state index contributed by atoms with van der Waals surface area (Å²) in [5.74, 6) is 0.452. The van der Waals surface area contributed by atoms with Crippen molar-refractivity contribution in [3.63, 3.8) is 0 Å². The van der Waals surface area contributed by atoms with Crippen LogP contribution >= 0.6 is 15.9 Å². The monoisotopic (exact) mass is 320 g/mol. The van der Waals surface area contributed by atoms with Crippen molar-refractivity contribution < 1.29 is 13.9 Å². The molecule has 0 aliphatic heterocycles. The number of ether oxygens (including phenoxy) is 1. The molecule has 96 valence electrons. The van der Waals surface area contributed by atoms with Crippen LogP contribution in [0.1, 0.15) is 10.6 Å². The third kappa shape index (κ3) is 3.60. The number of rotatable bonds is 4. The first-order valence-electron chi connectivity index (χ1n) is 5.35. The van der Waals surface area contributed by atoms with Crippen LogP contribution in [0, 0.1) is 11.3 Å².